The molecule has 1 rings (SSSR count). The molecule has 0 aliphatic heterocycles. The maximum Gasteiger partial charge on any atom is 0.308 e. The normalized spacial score (nSPS) is 9.40. The summed E-state index contributed by atoms with van der Waals surface area (Å²) >= 11 is 0. The summed E-state index contributed by atoms with van der Waals surface area (Å²) in [6, 6.07) is 6.98. The summed E-state index contributed by atoms with van der Waals surface area (Å²) in [5.41, 5.74) is 11.3. The maximum atomic E-state index is 10.6. The molecule has 0 aromatic heterocycles. The Morgan fingerprint density at radius 3 is 2.40 bits per heavy atom. The van der Waals surface area contributed by atoms with Crippen molar-refractivity contribution in [1.29, 1.82) is 0 Å². The lowest BCUT2D eigenvalue weighted by atomic mass is 10.2. The third-order valence-corrected chi connectivity index (χ3v) is 1.63. The number of rotatable bonds is 3. The van der Waals surface area contributed by atoms with Gasteiger partial charge in [0.1, 0.15) is 5.75 Å². The van der Waals surface area contributed by atoms with Crippen LogP contribution in [0.2, 0.25) is 0 Å². The van der Waals surface area contributed by atoms with Crippen LogP contribution in [-0.4, -0.2) is 11.9 Å². The number of nitrogens with zero attached hydrogens (tertiary/aromatic N) is 1. The molecule has 0 unspecified atom stereocenters. The van der Waals surface area contributed by atoms with Crippen molar-refractivity contribution < 1.29 is 9.53 Å². The predicted octanol–water partition coefficient (Wildman–Crippen LogP) is 0.385. The minimum atomic E-state index is -0.341. The molecule has 0 fully saturated rings. The molecule has 0 atom stereocenters. The first-order valence-electron chi connectivity index (χ1n) is 4.40. The molecular weight excluding hydrogens is 194 g/mol. The average molecular weight is 207 g/mol. The number of hydrogen-bond acceptors (Lipinski definition) is 3. The third-order valence-electron chi connectivity index (χ3n) is 1.63. The van der Waals surface area contributed by atoms with Crippen molar-refractivity contribution in [3.63, 3.8) is 0 Å². The van der Waals surface area contributed by atoms with Gasteiger partial charge in [-0.1, -0.05) is 12.1 Å². The van der Waals surface area contributed by atoms with Crippen LogP contribution in [0.3, 0.4) is 0 Å². The standard InChI is InChI=1S/C10H13N3O2/c1-7(14)15-9-4-2-8(3-5-9)6-13-10(11)12/h2-5H,6H2,1H3,(H4,11,12,13). The number of hydrogen-bond donors (Lipinski definition) is 2. The van der Waals surface area contributed by atoms with E-state index in [0.29, 0.717) is 12.3 Å². The lowest BCUT2D eigenvalue weighted by Crippen LogP contribution is -2.22. The SMILES string of the molecule is CC(=O)Oc1ccc(CN=C(N)N)cc1. The second kappa shape index (κ2) is 4.99. The third kappa shape index (κ3) is 4.12. The molecule has 0 heterocycles. The molecule has 0 aliphatic carbocycles. The molecule has 15 heavy (non-hydrogen) atoms. The Kier molecular flexibility index (Phi) is 3.68. The molecule has 0 aliphatic rings. The van der Waals surface area contributed by atoms with Gasteiger partial charge in [-0.2, -0.15) is 0 Å². The van der Waals surface area contributed by atoms with Crippen LogP contribution in [0.5, 0.6) is 5.75 Å². The van der Waals surface area contributed by atoms with Crippen molar-refractivity contribution in [2.75, 3.05) is 0 Å². The molecule has 0 saturated carbocycles. The maximum absolute atomic E-state index is 10.6. The fourth-order valence-corrected chi connectivity index (χ4v) is 1.01. The van der Waals surface area contributed by atoms with Crippen molar-refractivity contribution in [2.45, 2.75) is 13.5 Å². The number of ether oxygens (including phenoxy) is 1. The fourth-order valence-electron chi connectivity index (χ4n) is 1.01. The molecular formula is C10H13N3O2. The molecule has 0 bridgehead atoms. The minimum Gasteiger partial charge on any atom is -0.427 e. The Morgan fingerprint density at radius 2 is 1.93 bits per heavy atom. The van der Waals surface area contributed by atoms with Gasteiger partial charge in [0, 0.05) is 6.92 Å². The van der Waals surface area contributed by atoms with E-state index in [-0.39, 0.29) is 11.9 Å². The van der Waals surface area contributed by atoms with Crippen LogP contribution < -0.4 is 16.2 Å². The molecule has 0 amide bonds. The Hall–Kier alpha value is -2.04. The number of aliphatic imine (C=N–C) groups is 1. The van der Waals surface area contributed by atoms with Crippen LogP contribution >= 0.6 is 0 Å². The highest BCUT2D eigenvalue weighted by Crippen LogP contribution is 2.12. The first kappa shape index (κ1) is 11.0. The van der Waals surface area contributed by atoms with Crippen molar-refractivity contribution in [2.24, 2.45) is 16.5 Å². The van der Waals surface area contributed by atoms with Gasteiger partial charge in [0.15, 0.2) is 5.96 Å². The summed E-state index contributed by atoms with van der Waals surface area (Å²) in [7, 11) is 0. The van der Waals surface area contributed by atoms with Gasteiger partial charge in [-0.3, -0.25) is 4.79 Å². The van der Waals surface area contributed by atoms with E-state index < -0.39 is 0 Å². The topological polar surface area (TPSA) is 90.7 Å². The van der Waals surface area contributed by atoms with E-state index in [2.05, 4.69) is 4.99 Å². The van der Waals surface area contributed by atoms with Crippen LogP contribution in [0, 0.1) is 0 Å². The number of carbonyl (C=O) groups is 1. The van der Waals surface area contributed by atoms with Crippen LogP contribution in [0.25, 0.3) is 0 Å². The van der Waals surface area contributed by atoms with E-state index >= 15 is 0 Å². The summed E-state index contributed by atoms with van der Waals surface area (Å²) in [6.07, 6.45) is 0. The quantitative estimate of drug-likeness (QED) is 0.324. The van der Waals surface area contributed by atoms with Crippen LogP contribution in [0.15, 0.2) is 29.3 Å². The number of benzene rings is 1. The Balaban J connectivity index is 2.64. The lowest BCUT2D eigenvalue weighted by Gasteiger charge is -2.01. The van der Waals surface area contributed by atoms with Crippen LogP contribution in [0.1, 0.15) is 12.5 Å². The highest BCUT2D eigenvalue weighted by atomic mass is 16.5. The van der Waals surface area contributed by atoms with E-state index in [4.69, 9.17) is 16.2 Å². The minimum absolute atomic E-state index is 0.0547. The summed E-state index contributed by atoms with van der Waals surface area (Å²) in [5, 5.41) is 0. The van der Waals surface area contributed by atoms with E-state index in [1.165, 1.54) is 6.92 Å². The summed E-state index contributed by atoms with van der Waals surface area (Å²) in [4.78, 5) is 14.5. The van der Waals surface area contributed by atoms with Gasteiger partial charge in [-0.05, 0) is 17.7 Å². The average Bonchev–Trinajstić information content (AvgIpc) is 2.16. The number of guanidine groups is 1. The summed E-state index contributed by atoms with van der Waals surface area (Å²) in [6.45, 7) is 1.77. The van der Waals surface area contributed by atoms with E-state index in [0.717, 1.165) is 5.56 Å². The van der Waals surface area contributed by atoms with E-state index in [9.17, 15) is 4.79 Å². The molecule has 4 N–H and O–H groups in total. The molecule has 0 saturated heterocycles. The second-order valence-corrected chi connectivity index (χ2v) is 2.98. The first-order chi connectivity index (χ1) is 7.08. The smallest absolute Gasteiger partial charge is 0.308 e. The summed E-state index contributed by atoms with van der Waals surface area (Å²) < 4.78 is 4.87. The molecule has 5 heteroatoms. The van der Waals surface area contributed by atoms with Gasteiger partial charge < -0.3 is 16.2 Å². The Morgan fingerprint density at radius 1 is 1.33 bits per heavy atom. The zero-order valence-electron chi connectivity index (χ0n) is 8.43. The van der Waals surface area contributed by atoms with Gasteiger partial charge in [0.05, 0.1) is 6.54 Å². The van der Waals surface area contributed by atoms with Gasteiger partial charge >= 0.3 is 5.97 Å². The van der Waals surface area contributed by atoms with E-state index in [1.807, 2.05) is 0 Å². The number of esters is 1. The predicted molar refractivity (Wildman–Crippen MR) is 57.3 cm³/mol. The van der Waals surface area contributed by atoms with Gasteiger partial charge in [-0.15, -0.1) is 0 Å². The van der Waals surface area contributed by atoms with Crippen molar-refractivity contribution in [1.82, 2.24) is 0 Å². The Labute approximate surface area is 87.7 Å². The van der Waals surface area contributed by atoms with Crippen LogP contribution in [0.4, 0.5) is 0 Å². The molecule has 1 aromatic rings. The van der Waals surface area contributed by atoms with Gasteiger partial charge in [-0.25, -0.2) is 4.99 Å². The first-order valence-corrected chi connectivity index (χ1v) is 4.40. The van der Waals surface area contributed by atoms with E-state index in [1.54, 1.807) is 24.3 Å². The van der Waals surface area contributed by atoms with Gasteiger partial charge in [0.2, 0.25) is 0 Å². The van der Waals surface area contributed by atoms with Crippen LogP contribution in [-0.2, 0) is 11.3 Å². The highest BCUT2D eigenvalue weighted by Gasteiger charge is 1.97. The molecule has 80 valence electrons. The number of nitrogens with two attached hydrogens (primary N) is 2. The number of carbonyl (C=O) groups excluding carboxylic acids is 1. The fraction of sp³-hybridized carbons (Fsp3) is 0.200. The zero-order valence-corrected chi connectivity index (χ0v) is 8.43. The lowest BCUT2D eigenvalue weighted by molar-refractivity contribution is -0.131. The Bertz CT molecular complexity index is 367. The van der Waals surface area contributed by atoms with Crippen molar-refractivity contribution >= 4 is 11.9 Å². The monoisotopic (exact) mass is 207 g/mol. The summed E-state index contributed by atoms with van der Waals surface area (Å²) in [5.74, 6) is 0.224. The second-order valence-electron chi connectivity index (χ2n) is 2.98. The zero-order chi connectivity index (χ0) is 11.3. The van der Waals surface area contributed by atoms with Crippen molar-refractivity contribution in [3.8, 4) is 5.75 Å². The molecule has 0 spiro atoms. The van der Waals surface area contributed by atoms with Gasteiger partial charge in [0.25, 0.3) is 0 Å². The van der Waals surface area contributed by atoms with Crippen molar-refractivity contribution in [3.05, 3.63) is 29.8 Å². The molecule has 0 radical (unpaired) electrons. The molecule has 5 nitrogen and oxygen atoms in total. The highest BCUT2D eigenvalue weighted by molar-refractivity contribution is 5.75. The largest absolute Gasteiger partial charge is 0.427 e. The molecule has 1 aromatic carbocycles.